The van der Waals surface area contributed by atoms with Crippen LogP contribution in [0.15, 0.2) is 65.7 Å². The van der Waals surface area contributed by atoms with Crippen molar-refractivity contribution < 1.29 is 17.9 Å². The van der Waals surface area contributed by atoms with Crippen molar-refractivity contribution in [2.24, 2.45) is 0 Å². The highest BCUT2D eigenvalue weighted by Crippen LogP contribution is 2.31. The zero-order valence-electron chi connectivity index (χ0n) is 15.8. The highest BCUT2D eigenvalue weighted by atomic mass is 32.2. The van der Waals surface area contributed by atoms with Gasteiger partial charge in [0.1, 0.15) is 5.82 Å². The molecule has 1 aromatic heterocycles. The summed E-state index contributed by atoms with van der Waals surface area (Å²) < 4.78 is 38.0. The maximum absolute atomic E-state index is 12.5. The van der Waals surface area contributed by atoms with E-state index in [2.05, 4.69) is 15.0 Å². The Hall–Kier alpha value is -3.26. The molecule has 3 aromatic rings. The molecule has 0 radical (unpaired) electrons. The zero-order chi connectivity index (χ0) is 20.1. The van der Waals surface area contributed by atoms with Crippen molar-refractivity contribution in [1.29, 1.82) is 0 Å². The molecule has 146 valence electrons. The number of rotatable bonds is 7. The molecule has 0 aliphatic heterocycles. The summed E-state index contributed by atoms with van der Waals surface area (Å²) in [6.45, 7) is 1.84. The lowest BCUT2D eigenvalue weighted by atomic mass is 10.2. The monoisotopic (exact) mass is 399 g/mol. The highest BCUT2D eigenvalue weighted by Gasteiger charge is 2.14. The summed E-state index contributed by atoms with van der Waals surface area (Å²) in [5, 5.41) is 3.14. The third-order valence-corrected chi connectivity index (χ3v) is 5.35. The quantitative estimate of drug-likeness (QED) is 0.625. The van der Waals surface area contributed by atoms with E-state index in [1.165, 1.54) is 6.20 Å². The van der Waals surface area contributed by atoms with Crippen LogP contribution in [-0.2, 0) is 10.0 Å². The van der Waals surface area contributed by atoms with E-state index in [1.807, 2.05) is 19.1 Å². The van der Waals surface area contributed by atoms with Crippen molar-refractivity contribution in [3.8, 4) is 11.5 Å². The number of benzene rings is 2. The van der Waals surface area contributed by atoms with Gasteiger partial charge in [-0.05, 0) is 48.9 Å². The van der Waals surface area contributed by atoms with Crippen LogP contribution in [0, 0.1) is 6.92 Å². The SMILES string of the molecule is COc1ccc(Nc2ccc(NS(=O)(=O)c3cccc(C)c3)cn2)cc1OC. The minimum absolute atomic E-state index is 0.208. The minimum atomic E-state index is -3.67. The van der Waals surface area contributed by atoms with Gasteiger partial charge < -0.3 is 14.8 Å². The number of nitrogens with zero attached hydrogens (tertiary/aromatic N) is 1. The number of nitrogens with one attached hydrogen (secondary N) is 2. The van der Waals surface area contributed by atoms with E-state index < -0.39 is 10.0 Å². The molecule has 0 bridgehead atoms. The fourth-order valence-corrected chi connectivity index (χ4v) is 3.73. The summed E-state index contributed by atoms with van der Waals surface area (Å²) in [5.41, 5.74) is 2.01. The predicted octanol–water partition coefficient (Wildman–Crippen LogP) is 3.95. The second kappa shape index (κ2) is 8.18. The first-order chi connectivity index (χ1) is 13.4. The van der Waals surface area contributed by atoms with E-state index in [-0.39, 0.29) is 4.90 Å². The number of aromatic nitrogens is 1. The van der Waals surface area contributed by atoms with Gasteiger partial charge in [0.2, 0.25) is 0 Å². The van der Waals surface area contributed by atoms with Crippen LogP contribution >= 0.6 is 0 Å². The van der Waals surface area contributed by atoms with Crippen LogP contribution in [-0.4, -0.2) is 27.6 Å². The van der Waals surface area contributed by atoms with Crippen molar-refractivity contribution >= 4 is 27.2 Å². The molecule has 0 spiro atoms. The van der Waals surface area contributed by atoms with E-state index in [4.69, 9.17) is 9.47 Å². The van der Waals surface area contributed by atoms with Gasteiger partial charge in [0.25, 0.3) is 10.0 Å². The van der Waals surface area contributed by atoms with Crippen molar-refractivity contribution in [2.75, 3.05) is 24.3 Å². The number of hydrogen-bond acceptors (Lipinski definition) is 6. The number of sulfonamides is 1. The maximum atomic E-state index is 12.5. The minimum Gasteiger partial charge on any atom is -0.493 e. The van der Waals surface area contributed by atoms with Gasteiger partial charge in [0, 0.05) is 11.8 Å². The smallest absolute Gasteiger partial charge is 0.261 e. The molecule has 2 N–H and O–H groups in total. The van der Waals surface area contributed by atoms with Gasteiger partial charge in [-0.25, -0.2) is 13.4 Å². The molecule has 1 heterocycles. The van der Waals surface area contributed by atoms with Crippen LogP contribution in [0.1, 0.15) is 5.56 Å². The van der Waals surface area contributed by atoms with Crippen LogP contribution in [0.5, 0.6) is 11.5 Å². The molecule has 7 nitrogen and oxygen atoms in total. The van der Waals surface area contributed by atoms with Gasteiger partial charge in [-0.3, -0.25) is 4.72 Å². The van der Waals surface area contributed by atoms with Gasteiger partial charge in [0.15, 0.2) is 11.5 Å². The van der Waals surface area contributed by atoms with Gasteiger partial charge in [-0.2, -0.15) is 0 Å². The Kier molecular flexibility index (Phi) is 5.70. The number of aryl methyl sites for hydroxylation is 1. The molecule has 2 aromatic carbocycles. The molecular weight excluding hydrogens is 378 g/mol. The lowest BCUT2D eigenvalue weighted by Crippen LogP contribution is -2.13. The molecule has 0 aliphatic rings. The van der Waals surface area contributed by atoms with E-state index >= 15 is 0 Å². The van der Waals surface area contributed by atoms with Crippen LogP contribution < -0.4 is 19.5 Å². The van der Waals surface area contributed by atoms with Crippen molar-refractivity contribution in [2.45, 2.75) is 11.8 Å². The maximum Gasteiger partial charge on any atom is 0.261 e. The normalized spacial score (nSPS) is 11.0. The average Bonchev–Trinajstić information content (AvgIpc) is 2.69. The second-order valence-corrected chi connectivity index (χ2v) is 7.73. The molecule has 8 heteroatoms. The van der Waals surface area contributed by atoms with E-state index in [0.29, 0.717) is 23.0 Å². The van der Waals surface area contributed by atoms with Crippen LogP contribution in [0.3, 0.4) is 0 Å². The zero-order valence-corrected chi connectivity index (χ0v) is 16.6. The molecule has 0 atom stereocenters. The first kappa shape index (κ1) is 19.5. The lowest BCUT2D eigenvalue weighted by Gasteiger charge is -2.12. The van der Waals surface area contributed by atoms with Crippen LogP contribution in [0.4, 0.5) is 17.2 Å². The molecule has 28 heavy (non-hydrogen) atoms. The summed E-state index contributed by atoms with van der Waals surface area (Å²) >= 11 is 0. The van der Waals surface area contributed by atoms with Gasteiger partial charge in [-0.1, -0.05) is 12.1 Å². The van der Waals surface area contributed by atoms with Gasteiger partial charge >= 0.3 is 0 Å². The Bertz CT molecular complexity index is 1070. The summed E-state index contributed by atoms with van der Waals surface area (Å²) in [4.78, 5) is 4.47. The Morgan fingerprint density at radius 2 is 1.64 bits per heavy atom. The molecule has 3 rings (SSSR count). The van der Waals surface area contributed by atoms with Crippen LogP contribution in [0.25, 0.3) is 0 Å². The first-order valence-electron chi connectivity index (χ1n) is 8.46. The number of pyridine rings is 1. The standard InChI is InChI=1S/C20H21N3O4S/c1-14-5-4-6-17(11-14)28(24,25)23-16-8-10-20(21-13-16)22-15-7-9-18(26-2)19(12-15)27-3/h4-13,23H,1-3H3,(H,21,22). The summed E-state index contributed by atoms with van der Waals surface area (Å²) in [7, 11) is -0.528. The van der Waals surface area contributed by atoms with E-state index in [0.717, 1.165) is 11.3 Å². The summed E-state index contributed by atoms with van der Waals surface area (Å²) in [5.74, 6) is 1.78. The Morgan fingerprint density at radius 3 is 2.29 bits per heavy atom. The number of hydrogen-bond donors (Lipinski definition) is 2. The predicted molar refractivity (Wildman–Crippen MR) is 109 cm³/mol. The molecule has 0 saturated heterocycles. The third kappa shape index (κ3) is 4.52. The lowest BCUT2D eigenvalue weighted by molar-refractivity contribution is 0.355. The molecule has 0 amide bonds. The van der Waals surface area contributed by atoms with Crippen molar-refractivity contribution in [3.63, 3.8) is 0 Å². The van der Waals surface area contributed by atoms with Gasteiger partial charge in [0.05, 0.1) is 31.0 Å². The highest BCUT2D eigenvalue weighted by molar-refractivity contribution is 7.92. The Balaban J connectivity index is 1.73. The number of methoxy groups -OCH3 is 2. The molecule has 0 aliphatic carbocycles. The Labute approximate surface area is 164 Å². The molecular formula is C20H21N3O4S. The second-order valence-electron chi connectivity index (χ2n) is 6.05. The first-order valence-corrected chi connectivity index (χ1v) is 9.94. The van der Waals surface area contributed by atoms with Crippen molar-refractivity contribution in [1.82, 2.24) is 4.98 Å². The van der Waals surface area contributed by atoms with Crippen LogP contribution in [0.2, 0.25) is 0 Å². The summed E-state index contributed by atoms with van der Waals surface area (Å²) in [6, 6.07) is 15.4. The fourth-order valence-electron chi connectivity index (χ4n) is 2.59. The van der Waals surface area contributed by atoms with E-state index in [9.17, 15) is 8.42 Å². The third-order valence-electron chi connectivity index (χ3n) is 3.97. The molecule has 0 saturated carbocycles. The number of ether oxygens (including phenoxy) is 2. The molecule has 0 fully saturated rings. The largest absolute Gasteiger partial charge is 0.493 e. The van der Waals surface area contributed by atoms with Gasteiger partial charge in [-0.15, -0.1) is 0 Å². The fraction of sp³-hybridized carbons (Fsp3) is 0.150. The van der Waals surface area contributed by atoms with Crippen molar-refractivity contribution in [3.05, 3.63) is 66.4 Å². The average molecular weight is 399 g/mol. The molecule has 0 unspecified atom stereocenters. The van der Waals surface area contributed by atoms with E-state index in [1.54, 1.807) is 56.7 Å². The summed E-state index contributed by atoms with van der Waals surface area (Å²) in [6.07, 6.45) is 1.45. The Morgan fingerprint density at radius 1 is 0.893 bits per heavy atom. The number of anilines is 3. The topological polar surface area (TPSA) is 89.6 Å².